The average Bonchev–Trinajstić information content (AvgIpc) is 3.27. The number of unbranched alkanes of at least 4 members (excludes halogenated alkanes) is 22. The van der Waals surface area contributed by atoms with Gasteiger partial charge in [-0.1, -0.05) is 172 Å². The number of aliphatic hydroxyl groups is 7. The Hall–Kier alpha value is -1.74. The van der Waals surface area contributed by atoms with Crippen molar-refractivity contribution < 1.29 is 59.0 Å². The average molecular weight is 930 g/mol. The van der Waals surface area contributed by atoms with Crippen LogP contribution in [0, 0.1) is 0 Å². The van der Waals surface area contributed by atoms with E-state index in [1.54, 1.807) is 6.08 Å². The zero-order chi connectivity index (χ0) is 47.3. The first-order chi connectivity index (χ1) is 30.8. The lowest BCUT2D eigenvalue weighted by Gasteiger charge is -2.41. The third kappa shape index (κ3) is 30.5. The number of allylic oxidation sites excluding steroid dienone is 7. The van der Waals surface area contributed by atoms with E-state index in [4.69, 9.17) is 9.05 Å². The third-order valence-electron chi connectivity index (χ3n) is 11.9. The summed E-state index contributed by atoms with van der Waals surface area (Å²) in [7, 11) is -5.16. The quantitative estimate of drug-likeness (QED) is 0.0159. The number of carbonyl (C=O) groups is 1. The zero-order valence-electron chi connectivity index (χ0n) is 39.7. The monoisotopic (exact) mass is 930 g/mol. The number of aliphatic hydroxyl groups excluding tert-OH is 7. The van der Waals surface area contributed by atoms with Crippen molar-refractivity contribution in [2.24, 2.45) is 0 Å². The minimum absolute atomic E-state index is 0.267. The fraction of sp³-hybridized carbons (Fsp3) is 0.820. The van der Waals surface area contributed by atoms with E-state index in [9.17, 15) is 50.0 Å². The molecular formula is C50H92NO12P. The Labute approximate surface area is 387 Å². The molecule has 0 aliphatic heterocycles. The molecule has 9 N–H and O–H groups in total. The predicted octanol–water partition coefficient (Wildman–Crippen LogP) is 9.09. The summed E-state index contributed by atoms with van der Waals surface area (Å²) in [6.07, 6.45) is 33.4. The van der Waals surface area contributed by atoms with Crippen LogP contribution in [0.25, 0.3) is 0 Å². The van der Waals surface area contributed by atoms with Crippen LogP contribution in [0.5, 0.6) is 0 Å². The molecule has 0 spiro atoms. The second-order valence-corrected chi connectivity index (χ2v) is 19.2. The Morgan fingerprint density at radius 3 is 1.38 bits per heavy atom. The first-order valence-corrected chi connectivity index (χ1v) is 26.7. The molecule has 1 fully saturated rings. The van der Waals surface area contributed by atoms with Crippen molar-refractivity contribution in [2.45, 2.75) is 255 Å². The highest BCUT2D eigenvalue weighted by atomic mass is 31.2. The maximum absolute atomic E-state index is 13.0. The molecule has 0 aromatic rings. The second kappa shape index (κ2) is 39.3. The molecule has 0 aromatic heterocycles. The van der Waals surface area contributed by atoms with Crippen LogP contribution in [-0.4, -0.2) is 108 Å². The Morgan fingerprint density at radius 1 is 0.547 bits per heavy atom. The Kier molecular flexibility index (Phi) is 37.0. The van der Waals surface area contributed by atoms with E-state index in [1.165, 1.54) is 115 Å². The summed E-state index contributed by atoms with van der Waals surface area (Å²) in [6.45, 7) is 3.72. The van der Waals surface area contributed by atoms with Crippen LogP contribution in [-0.2, 0) is 18.4 Å². The summed E-state index contributed by atoms with van der Waals surface area (Å²) in [6, 6.07) is -1.27. The van der Waals surface area contributed by atoms with E-state index in [-0.39, 0.29) is 6.42 Å². The van der Waals surface area contributed by atoms with Crippen molar-refractivity contribution in [3.8, 4) is 0 Å². The van der Waals surface area contributed by atoms with Gasteiger partial charge in [-0.25, -0.2) is 4.57 Å². The minimum Gasteiger partial charge on any atom is -0.393 e. The molecule has 0 bridgehead atoms. The summed E-state index contributed by atoms with van der Waals surface area (Å²) in [5.41, 5.74) is 0. The molecule has 0 saturated heterocycles. The Bertz CT molecular complexity index is 1280. The molecule has 374 valence electrons. The molecule has 14 heteroatoms. The molecule has 1 amide bonds. The first kappa shape index (κ1) is 60.3. The molecule has 8 atom stereocenters. The van der Waals surface area contributed by atoms with Gasteiger partial charge in [0.25, 0.3) is 0 Å². The maximum atomic E-state index is 13.0. The lowest BCUT2D eigenvalue weighted by molar-refractivity contribution is -0.220. The number of carbonyl (C=O) groups excluding carboxylic acids is 1. The Balaban J connectivity index is 2.56. The topological polar surface area (TPSA) is 226 Å². The van der Waals surface area contributed by atoms with Gasteiger partial charge in [-0.15, -0.1) is 0 Å². The zero-order valence-corrected chi connectivity index (χ0v) is 40.6. The van der Waals surface area contributed by atoms with Crippen molar-refractivity contribution in [3.05, 3.63) is 48.6 Å². The molecule has 0 aromatic carbocycles. The highest BCUT2D eigenvalue weighted by Crippen LogP contribution is 2.47. The summed E-state index contributed by atoms with van der Waals surface area (Å²) in [5.74, 6) is -0.616. The first-order valence-electron chi connectivity index (χ1n) is 25.2. The van der Waals surface area contributed by atoms with Gasteiger partial charge in [0.15, 0.2) is 0 Å². The predicted molar refractivity (Wildman–Crippen MR) is 256 cm³/mol. The molecule has 1 rings (SSSR count). The number of phosphoric ester groups is 1. The smallest absolute Gasteiger partial charge is 0.393 e. The summed E-state index contributed by atoms with van der Waals surface area (Å²) in [5, 5.41) is 74.5. The molecule has 64 heavy (non-hydrogen) atoms. The van der Waals surface area contributed by atoms with Gasteiger partial charge in [-0.3, -0.25) is 13.8 Å². The molecule has 0 heterocycles. The standard InChI is InChI=1S/C50H92NO12P/c1-3-5-7-9-11-13-15-17-19-20-21-22-23-24-26-28-30-32-34-36-38-43(53)42(40-62-64(60,61)63-50-48(58)46(56)45(55)47(57)49(50)59)51-44(54)39-41(52)37-35-33-31-29-27-25-18-16-14-12-10-8-6-4-2/h22-23,25,27-28,30,36,38,41-43,45-50,52-53,55-59H,3-21,24,26,29,31-35,37,39-40H2,1-2H3,(H,51,54)(H,60,61)/b23-22+,27-25-,30-28+,38-36+. The van der Waals surface area contributed by atoms with Gasteiger partial charge >= 0.3 is 7.82 Å². The lowest BCUT2D eigenvalue weighted by atomic mass is 9.85. The van der Waals surface area contributed by atoms with Gasteiger partial charge < -0.3 is 46.0 Å². The number of hydrogen-bond acceptors (Lipinski definition) is 11. The largest absolute Gasteiger partial charge is 0.472 e. The molecule has 13 nitrogen and oxygen atoms in total. The van der Waals surface area contributed by atoms with Crippen LogP contribution in [0.4, 0.5) is 0 Å². The van der Waals surface area contributed by atoms with Gasteiger partial charge in [-0.2, -0.15) is 0 Å². The van der Waals surface area contributed by atoms with Crippen LogP contribution in [0.2, 0.25) is 0 Å². The molecule has 1 aliphatic rings. The number of phosphoric acid groups is 1. The maximum Gasteiger partial charge on any atom is 0.472 e. The van der Waals surface area contributed by atoms with Crippen molar-refractivity contribution in [2.75, 3.05) is 6.61 Å². The van der Waals surface area contributed by atoms with E-state index in [1.807, 2.05) is 0 Å². The molecular weight excluding hydrogens is 838 g/mol. The summed E-state index contributed by atoms with van der Waals surface area (Å²) in [4.78, 5) is 23.5. The SMILES string of the molecule is CCCCCCCCC/C=C\CCCCCC(O)CC(=O)NC(COP(=O)(O)OC1C(O)C(O)C(O)C(O)C1O)C(O)/C=C/CC/C=C/CC/C=C/CCCCCCCCCCCC. The van der Waals surface area contributed by atoms with E-state index in [0.29, 0.717) is 19.3 Å². The number of nitrogens with one attached hydrogen (secondary N) is 1. The normalized spacial score (nSPS) is 23.1. The molecule has 0 radical (unpaired) electrons. The van der Waals surface area contributed by atoms with E-state index < -0.39 is 75.2 Å². The lowest BCUT2D eigenvalue weighted by Crippen LogP contribution is -2.64. The number of rotatable bonds is 41. The number of hydrogen-bond donors (Lipinski definition) is 9. The summed E-state index contributed by atoms with van der Waals surface area (Å²) < 4.78 is 22.9. The summed E-state index contributed by atoms with van der Waals surface area (Å²) >= 11 is 0. The third-order valence-corrected chi connectivity index (χ3v) is 12.8. The van der Waals surface area contributed by atoms with Gasteiger partial charge in [0.05, 0.1) is 31.3 Å². The fourth-order valence-electron chi connectivity index (χ4n) is 7.74. The minimum atomic E-state index is -5.16. The molecule has 8 unspecified atom stereocenters. The van der Waals surface area contributed by atoms with Crippen molar-refractivity contribution >= 4 is 13.7 Å². The molecule has 1 aliphatic carbocycles. The van der Waals surface area contributed by atoms with Gasteiger partial charge in [0.1, 0.15) is 36.6 Å². The highest BCUT2D eigenvalue weighted by molar-refractivity contribution is 7.47. The van der Waals surface area contributed by atoms with Gasteiger partial charge in [-0.05, 0) is 70.6 Å². The number of amides is 1. The van der Waals surface area contributed by atoms with Crippen LogP contribution in [0.15, 0.2) is 48.6 Å². The van der Waals surface area contributed by atoms with Crippen LogP contribution in [0.1, 0.15) is 200 Å². The van der Waals surface area contributed by atoms with Crippen LogP contribution >= 0.6 is 7.82 Å². The van der Waals surface area contributed by atoms with E-state index >= 15 is 0 Å². The van der Waals surface area contributed by atoms with E-state index in [0.717, 1.165) is 51.4 Å². The van der Waals surface area contributed by atoms with Gasteiger partial charge in [0, 0.05) is 0 Å². The highest BCUT2D eigenvalue weighted by Gasteiger charge is 2.51. The van der Waals surface area contributed by atoms with E-state index in [2.05, 4.69) is 55.6 Å². The molecule has 1 saturated carbocycles. The van der Waals surface area contributed by atoms with Crippen LogP contribution in [0.3, 0.4) is 0 Å². The van der Waals surface area contributed by atoms with Gasteiger partial charge in [0.2, 0.25) is 5.91 Å². The van der Waals surface area contributed by atoms with Crippen molar-refractivity contribution in [1.29, 1.82) is 0 Å². The fourth-order valence-corrected chi connectivity index (χ4v) is 8.70. The van der Waals surface area contributed by atoms with Crippen molar-refractivity contribution in [3.63, 3.8) is 0 Å². The second-order valence-electron chi connectivity index (χ2n) is 17.8. The Morgan fingerprint density at radius 2 is 0.922 bits per heavy atom. The van der Waals surface area contributed by atoms with Crippen LogP contribution < -0.4 is 5.32 Å². The van der Waals surface area contributed by atoms with Crippen molar-refractivity contribution in [1.82, 2.24) is 5.32 Å².